The fraction of sp³-hybridized carbons (Fsp3) is 0.412. The second-order valence-electron chi connectivity index (χ2n) is 5.61. The molecule has 1 N–H and O–H groups in total. The molecular weight excluding hydrogens is 312 g/mol. The highest BCUT2D eigenvalue weighted by atomic mass is 32.1. The van der Waals surface area contributed by atoms with Gasteiger partial charge in [0.2, 0.25) is 0 Å². The van der Waals surface area contributed by atoms with E-state index in [-0.39, 0.29) is 6.42 Å². The zero-order chi connectivity index (χ0) is 16.1. The van der Waals surface area contributed by atoms with Crippen LogP contribution in [0, 0.1) is 0 Å². The van der Waals surface area contributed by atoms with Crippen molar-refractivity contribution in [3.8, 4) is 16.3 Å². The number of benzene rings is 1. The predicted molar refractivity (Wildman–Crippen MR) is 90.1 cm³/mol. The van der Waals surface area contributed by atoms with Crippen LogP contribution in [-0.4, -0.2) is 47.2 Å². The van der Waals surface area contributed by atoms with Gasteiger partial charge in [0.25, 0.3) is 0 Å². The minimum Gasteiger partial charge on any atom is -0.492 e. The Kier molecular flexibility index (Phi) is 5.25. The molecule has 2 aromatic rings. The number of ether oxygens (including phenoxy) is 1. The first-order chi connectivity index (χ1) is 11.2. The van der Waals surface area contributed by atoms with Crippen LogP contribution in [-0.2, 0) is 11.2 Å². The summed E-state index contributed by atoms with van der Waals surface area (Å²) in [4.78, 5) is 17.6. The van der Waals surface area contributed by atoms with Crippen LogP contribution in [0.4, 0.5) is 0 Å². The number of para-hydroxylation sites is 1. The molecule has 0 spiro atoms. The fourth-order valence-electron chi connectivity index (χ4n) is 2.73. The van der Waals surface area contributed by atoms with E-state index in [0.29, 0.717) is 12.3 Å². The first kappa shape index (κ1) is 16.0. The van der Waals surface area contributed by atoms with Crippen LogP contribution in [0.25, 0.3) is 10.6 Å². The topological polar surface area (TPSA) is 62.7 Å². The van der Waals surface area contributed by atoms with Gasteiger partial charge >= 0.3 is 5.97 Å². The molecule has 2 heterocycles. The van der Waals surface area contributed by atoms with Crippen LogP contribution in [0.1, 0.15) is 18.5 Å². The standard InChI is InChI=1S/C17H20N2O3S/c20-16(21)11-13-12-23-17(18-13)14-5-1-2-6-15(14)22-10-9-19-7-3-4-8-19/h1-2,5-6,12H,3-4,7-11H2,(H,20,21). The Labute approximate surface area is 139 Å². The summed E-state index contributed by atoms with van der Waals surface area (Å²) in [7, 11) is 0. The normalized spacial score (nSPS) is 15.0. The summed E-state index contributed by atoms with van der Waals surface area (Å²) in [5.41, 5.74) is 1.51. The number of carboxylic acids is 1. The zero-order valence-electron chi connectivity index (χ0n) is 12.9. The lowest BCUT2D eigenvalue weighted by atomic mass is 10.2. The number of carboxylic acid groups (broad SMARTS) is 1. The third kappa shape index (κ3) is 4.30. The quantitative estimate of drug-likeness (QED) is 0.845. The zero-order valence-corrected chi connectivity index (χ0v) is 13.7. The van der Waals surface area contributed by atoms with Crippen molar-refractivity contribution >= 4 is 17.3 Å². The van der Waals surface area contributed by atoms with E-state index in [9.17, 15) is 4.79 Å². The van der Waals surface area contributed by atoms with Gasteiger partial charge in [-0.3, -0.25) is 9.69 Å². The lowest BCUT2D eigenvalue weighted by molar-refractivity contribution is -0.136. The molecule has 5 nitrogen and oxygen atoms in total. The van der Waals surface area contributed by atoms with Crippen LogP contribution >= 0.6 is 11.3 Å². The van der Waals surface area contributed by atoms with Gasteiger partial charge in [-0.15, -0.1) is 11.3 Å². The maximum atomic E-state index is 10.8. The highest BCUT2D eigenvalue weighted by Gasteiger charge is 2.14. The van der Waals surface area contributed by atoms with Gasteiger partial charge in [0.15, 0.2) is 0 Å². The average molecular weight is 332 g/mol. The Morgan fingerprint density at radius 3 is 2.87 bits per heavy atom. The number of carbonyl (C=O) groups is 1. The van der Waals surface area contributed by atoms with Gasteiger partial charge in [-0.25, -0.2) is 4.98 Å². The second kappa shape index (κ2) is 7.57. The Bertz CT molecular complexity index is 665. The van der Waals surface area contributed by atoms with Crippen molar-refractivity contribution in [1.82, 2.24) is 9.88 Å². The van der Waals surface area contributed by atoms with Crippen molar-refractivity contribution in [3.05, 3.63) is 35.3 Å². The molecule has 0 saturated carbocycles. The monoisotopic (exact) mass is 332 g/mol. The minimum absolute atomic E-state index is 0.0471. The summed E-state index contributed by atoms with van der Waals surface area (Å²) in [5.74, 6) is -0.0556. The van der Waals surface area contributed by atoms with Gasteiger partial charge in [-0.1, -0.05) is 12.1 Å². The van der Waals surface area contributed by atoms with Crippen molar-refractivity contribution < 1.29 is 14.6 Å². The van der Waals surface area contributed by atoms with Gasteiger partial charge < -0.3 is 9.84 Å². The number of likely N-dealkylation sites (tertiary alicyclic amines) is 1. The predicted octanol–water partition coefficient (Wildman–Crippen LogP) is 2.91. The van der Waals surface area contributed by atoms with Gasteiger partial charge in [0.05, 0.1) is 17.7 Å². The smallest absolute Gasteiger partial charge is 0.309 e. The van der Waals surface area contributed by atoms with Gasteiger partial charge in [0.1, 0.15) is 17.4 Å². The van der Waals surface area contributed by atoms with E-state index in [4.69, 9.17) is 9.84 Å². The summed E-state index contributed by atoms with van der Waals surface area (Å²) in [6.45, 7) is 3.92. The number of aliphatic carboxylic acids is 1. The van der Waals surface area contributed by atoms with Gasteiger partial charge in [-0.05, 0) is 38.1 Å². The van der Waals surface area contributed by atoms with Crippen LogP contribution in [0.3, 0.4) is 0 Å². The molecule has 0 atom stereocenters. The molecule has 1 aromatic carbocycles. The Balaban J connectivity index is 1.67. The molecule has 3 rings (SSSR count). The van der Waals surface area contributed by atoms with Gasteiger partial charge in [0, 0.05) is 11.9 Å². The third-order valence-corrected chi connectivity index (χ3v) is 4.79. The number of nitrogens with zero attached hydrogens (tertiary/aromatic N) is 2. The number of aromatic nitrogens is 1. The molecule has 1 saturated heterocycles. The fourth-order valence-corrected chi connectivity index (χ4v) is 3.58. The highest BCUT2D eigenvalue weighted by molar-refractivity contribution is 7.13. The van der Waals surface area contributed by atoms with Crippen LogP contribution in [0.2, 0.25) is 0 Å². The number of hydrogen-bond acceptors (Lipinski definition) is 5. The van der Waals surface area contributed by atoms with Gasteiger partial charge in [-0.2, -0.15) is 0 Å². The molecule has 1 fully saturated rings. The summed E-state index contributed by atoms with van der Waals surface area (Å²) in [6.07, 6.45) is 2.51. The lowest BCUT2D eigenvalue weighted by Crippen LogP contribution is -2.25. The third-order valence-electron chi connectivity index (χ3n) is 3.87. The first-order valence-electron chi connectivity index (χ1n) is 7.83. The minimum atomic E-state index is -0.864. The van der Waals surface area contributed by atoms with E-state index >= 15 is 0 Å². The summed E-state index contributed by atoms with van der Waals surface area (Å²) in [5, 5.41) is 11.5. The molecule has 6 heteroatoms. The van der Waals surface area contributed by atoms with Crippen molar-refractivity contribution in [2.45, 2.75) is 19.3 Å². The first-order valence-corrected chi connectivity index (χ1v) is 8.71. The summed E-state index contributed by atoms with van der Waals surface area (Å²) < 4.78 is 5.95. The van der Waals surface area contributed by atoms with Crippen LogP contribution in [0.15, 0.2) is 29.6 Å². The van der Waals surface area contributed by atoms with Crippen molar-refractivity contribution in [1.29, 1.82) is 0 Å². The van der Waals surface area contributed by atoms with Crippen molar-refractivity contribution in [2.24, 2.45) is 0 Å². The van der Waals surface area contributed by atoms with E-state index < -0.39 is 5.97 Å². The van der Waals surface area contributed by atoms with E-state index in [2.05, 4.69) is 9.88 Å². The van der Waals surface area contributed by atoms with Crippen molar-refractivity contribution in [2.75, 3.05) is 26.2 Å². The molecular formula is C17H20N2O3S. The van der Waals surface area contributed by atoms with Crippen molar-refractivity contribution in [3.63, 3.8) is 0 Å². The molecule has 0 bridgehead atoms. The molecule has 0 unspecified atom stereocenters. The molecule has 1 aliphatic heterocycles. The maximum Gasteiger partial charge on any atom is 0.309 e. The lowest BCUT2D eigenvalue weighted by Gasteiger charge is -2.16. The Morgan fingerprint density at radius 2 is 2.09 bits per heavy atom. The number of rotatable bonds is 7. The SMILES string of the molecule is O=C(O)Cc1csc(-c2ccccc2OCCN2CCCC2)n1. The van der Waals surface area contributed by atoms with E-state index in [0.717, 1.165) is 36.0 Å². The number of hydrogen-bond donors (Lipinski definition) is 1. The Hall–Kier alpha value is -1.92. The molecule has 1 aliphatic rings. The second-order valence-corrected chi connectivity index (χ2v) is 6.47. The van der Waals surface area contributed by atoms with Crippen LogP contribution in [0.5, 0.6) is 5.75 Å². The highest BCUT2D eigenvalue weighted by Crippen LogP contribution is 2.32. The molecule has 0 aliphatic carbocycles. The molecule has 23 heavy (non-hydrogen) atoms. The molecule has 0 radical (unpaired) electrons. The molecule has 122 valence electrons. The molecule has 1 aromatic heterocycles. The Morgan fingerprint density at radius 1 is 1.30 bits per heavy atom. The largest absolute Gasteiger partial charge is 0.492 e. The summed E-state index contributed by atoms with van der Waals surface area (Å²) in [6, 6.07) is 7.80. The van der Waals surface area contributed by atoms with E-state index in [1.165, 1.54) is 24.2 Å². The maximum absolute atomic E-state index is 10.8. The summed E-state index contributed by atoms with van der Waals surface area (Å²) >= 11 is 1.45. The molecule has 0 amide bonds. The van der Waals surface area contributed by atoms with E-state index in [1.54, 1.807) is 5.38 Å². The van der Waals surface area contributed by atoms with E-state index in [1.807, 2.05) is 24.3 Å². The van der Waals surface area contributed by atoms with Crippen LogP contribution < -0.4 is 4.74 Å². The number of thiazole rings is 1. The average Bonchev–Trinajstić information content (AvgIpc) is 3.19.